The molecule has 0 radical (unpaired) electrons. The van der Waals surface area contributed by atoms with Crippen molar-refractivity contribution in [2.24, 2.45) is 0 Å². The smallest absolute Gasteiger partial charge is 0.341 e. The normalized spacial score (nSPS) is 17.4. The minimum absolute atomic E-state index is 0.234. The van der Waals surface area contributed by atoms with Crippen molar-refractivity contribution in [3.63, 3.8) is 0 Å². The highest BCUT2D eigenvalue weighted by Crippen LogP contribution is 2.38. The predicted molar refractivity (Wildman–Crippen MR) is 113 cm³/mol. The van der Waals surface area contributed by atoms with Gasteiger partial charge < -0.3 is 19.9 Å². The summed E-state index contributed by atoms with van der Waals surface area (Å²) >= 11 is 0. The highest BCUT2D eigenvalue weighted by Gasteiger charge is 2.41. The van der Waals surface area contributed by atoms with Crippen LogP contribution in [0, 0.1) is 23.3 Å². The van der Waals surface area contributed by atoms with Crippen LogP contribution < -0.4 is 15.6 Å². The summed E-state index contributed by atoms with van der Waals surface area (Å²) in [6, 6.07) is 3.26. The zero-order valence-electron chi connectivity index (χ0n) is 17.3. The van der Waals surface area contributed by atoms with Gasteiger partial charge in [-0.1, -0.05) is 0 Å². The first kappa shape index (κ1) is 21.4. The van der Waals surface area contributed by atoms with E-state index in [2.05, 4.69) is 5.32 Å². The number of rotatable bonds is 3. The molecule has 1 aliphatic carbocycles. The van der Waals surface area contributed by atoms with E-state index in [1.807, 2.05) is 0 Å². The van der Waals surface area contributed by atoms with Gasteiger partial charge in [-0.15, -0.1) is 0 Å². The molecule has 1 saturated heterocycles. The van der Waals surface area contributed by atoms with Gasteiger partial charge in [0.1, 0.15) is 28.7 Å². The molecule has 172 valence electrons. The van der Waals surface area contributed by atoms with Gasteiger partial charge in [0.2, 0.25) is 5.43 Å². The highest BCUT2D eigenvalue weighted by molar-refractivity contribution is 5.94. The number of carbonyl (C=O) groups is 1. The molecular weight excluding hydrogens is 442 g/mol. The lowest BCUT2D eigenvalue weighted by Gasteiger charge is -2.50. The second kappa shape index (κ2) is 7.58. The third kappa shape index (κ3) is 3.36. The van der Waals surface area contributed by atoms with Crippen LogP contribution in [0.3, 0.4) is 0 Å². The quantitative estimate of drug-likeness (QED) is 0.584. The molecule has 6 nitrogen and oxygen atoms in total. The summed E-state index contributed by atoms with van der Waals surface area (Å²) in [4.78, 5) is 25.9. The minimum Gasteiger partial charge on any atom is -0.477 e. The second-order valence-electron chi connectivity index (χ2n) is 8.54. The van der Waals surface area contributed by atoms with Crippen molar-refractivity contribution in [1.82, 2.24) is 9.88 Å². The molecular formula is C23H19F4N3O3. The van der Waals surface area contributed by atoms with Crippen LogP contribution in [-0.2, 0) is 0 Å². The zero-order chi connectivity index (χ0) is 23.5. The van der Waals surface area contributed by atoms with Gasteiger partial charge in [0.25, 0.3) is 0 Å². The molecule has 2 N–H and O–H groups in total. The van der Waals surface area contributed by atoms with Crippen LogP contribution in [-0.4, -0.2) is 40.8 Å². The molecule has 1 spiro atoms. The molecule has 2 heterocycles. The standard InChI is InChI=1S/C23H19F4N3O3/c24-12-2-3-17(15(25)8-12)30-10-14(22(32)33)21(31)13-9-16(26)20(18(27)19(13)30)29-7-6-28-23(11-29)4-1-5-23/h2-3,8-10,28H,1,4-7,11H2,(H,32,33). The predicted octanol–water partition coefficient (Wildman–Crippen LogP) is 3.58. The van der Waals surface area contributed by atoms with Gasteiger partial charge >= 0.3 is 5.97 Å². The number of aromatic nitrogens is 1. The molecule has 3 aromatic rings. The third-order valence-corrected chi connectivity index (χ3v) is 6.56. The molecule has 1 aromatic heterocycles. The van der Waals surface area contributed by atoms with Gasteiger partial charge in [0.15, 0.2) is 5.82 Å². The number of hydrogen-bond donors (Lipinski definition) is 2. The number of aromatic carboxylic acids is 1. The topological polar surface area (TPSA) is 74.6 Å². The van der Waals surface area contributed by atoms with E-state index in [1.165, 1.54) is 0 Å². The molecule has 0 bridgehead atoms. The van der Waals surface area contributed by atoms with Gasteiger partial charge in [-0.3, -0.25) is 4.79 Å². The van der Waals surface area contributed by atoms with Crippen molar-refractivity contribution in [2.75, 3.05) is 24.5 Å². The number of piperazine rings is 1. The molecule has 33 heavy (non-hydrogen) atoms. The van der Waals surface area contributed by atoms with E-state index in [0.29, 0.717) is 25.7 Å². The van der Waals surface area contributed by atoms with Crippen molar-refractivity contribution in [1.29, 1.82) is 0 Å². The first-order valence-corrected chi connectivity index (χ1v) is 10.5. The van der Waals surface area contributed by atoms with Crippen LogP contribution >= 0.6 is 0 Å². The van der Waals surface area contributed by atoms with E-state index < -0.39 is 51.1 Å². The van der Waals surface area contributed by atoms with Crippen molar-refractivity contribution in [3.8, 4) is 5.69 Å². The Kier molecular flexibility index (Phi) is 4.93. The van der Waals surface area contributed by atoms with Crippen LogP contribution in [0.1, 0.15) is 29.6 Å². The van der Waals surface area contributed by atoms with Crippen LogP contribution in [0.2, 0.25) is 0 Å². The molecule has 2 aliphatic rings. The minimum atomic E-state index is -1.64. The molecule has 10 heteroatoms. The van der Waals surface area contributed by atoms with E-state index in [-0.39, 0.29) is 16.9 Å². The number of benzene rings is 2. The summed E-state index contributed by atoms with van der Waals surface area (Å²) in [5.41, 5.74) is -3.36. The van der Waals surface area contributed by atoms with Crippen molar-refractivity contribution in [3.05, 3.63) is 69.5 Å². The monoisotopic (exact) mass is 461 g/mol. The first-order chi connectivity index (χ1) is 15.7. The summed E-state index contributed by atoms with van der Waals surface area (Å²) in [5.74, 6) is -5.76. The van der Waals surface area contributed by atoms with Crippen molar-refractivity contribution in [2.45, 2.75) is 24.8 Å². The average molecular weight is 461 g/mol. The summed E-state index contributed by atoms with van der Waals surface area (Å²) < 4.78 is 60.1. The molecule has 0 amide bonds. The van der Waals surface area contributed by atoms with Crippen molar-refractivity contribution < 1.29 is 27.5 Å². The molecule has 0 atom stereocenters. The Morgan fingerprint density at radius 3 is 2.48 bits per heavy atom. The Morgan fingerprint density at radius 2 is 1.85 bits per heavy atom. The maximum atomic E-state index is 16.0. The van der Waals surface area contributed by atoms with Crippen molar-refractivity contribution >= 4 is 22.6 Å². The Morgan fingerprint density at radius 1 is 1.09 bits per heavy atom. The maximum Gasteiger partial charge on any atom is 0.341 e. The SMILES string of the molecule is O=C(O)c1cn(-c2ccc(F)cc2F)c2c(F)c(N3CCNC4(CCC4)C3)c(F)cc2c1=O. The van der Waals surface area contributed by atoms with Crippen LogP contribution in [0.15, 0.2) is 35.3 Å². The molecule has 1 saturated carbocycles. The summed E-state index contributed by atoms with van der Waals surface area (Å²) in [7, 11) is 0. The lowest BCUT2D eigenvalue weighted by Crippen LogP contribution is -2.64. The van der Waals surface area contributed by atoms with Gasteiger partial charge in [0.05, 0.1) is 16.6 Å². The fraction of sp³-hybridized carbons (Fsp3) is 0.304. The van der Waals surface area contributed by atoms with E-state index in [0.717, 1.165) is 48.2 Å². The average Bonchev–Trinajstić information content (AvgIpc) is 2.74. The number of nitrogens with zero attached hydrogens (tertiary/aromatic N) is 2. The highest BCUT2D eigenvalue weighted by atomic mass is 19.1. The molecule has 2 fully saturated rings. The number of carboxylic acids is 1. The number of nitrogens with one attached hydrogen (secondary N) is 1. The fourth-order valence-corrected chi connectivity index (χ4v) is 4.80. The van der Waals surface area contributed by atoms with Crippen LogP contribution in [0.4, 0.5) is 23.2 Å². The fourth-order valence-electron chi connectivity index (χ4n) is 4.80. The number of anilines is 1. The summed E-state index contributed by atoms with van der Waals surface area (Å²) in [6.07, 6.45) is 3.52. The first-order valence-electron chi connectivity index (χ1n) is 10.5. The number of carboxylic acid groups (broad SMARTS) is 1. The molecule has 2 aromatic carbocycles. The number of hydrogen-bond acceptors (Lipinski definition) is 4. The number of halogens is 4. The van der Waals surface area contributed by atoms with E-state index >= 15 is 8.78 Å². The Hall–Kier alpha value is -3.40. The maximum absolute atomic E-state index is 16.0. The summed E-state index contributed by atoms with van der Waals surface area (Å²) in [5, 5.41) is 12.3. The Balaban J connectivity index is 1.80. The zero-order valence-corrected chi connectivity index (χ0v) is 17.3. The van der Waals surface area contributed by atoms with E-state index in [4.69, 9.17) is 0 Å². The largest absolute Gasteiger partial charge is 0.477 e. The molecule has 5 rings (SSSR count). The molecule has 1 aliphatic heterocycles. The van der Waals surface area contributed by atoms with E-state index in [9.17, 15) is 23.5 Å². The lowest BCUT2D eigenvalue weighted by molar-refractivity contribution is 0.0695. The van der Waals surface area contributed by atoms with Gasteiger partial charge in [0, 0.05) is 37.4 Å². The second-order valence-corrected chi connectivity index (χ2v) is 8.54. The number of fused-ring (bicyclic) bond motifs is 1. The summed E-state index contributed by atoms with van der Waals surface area (Å²) in [6.45, 7) is 1.17. The molecule has 0 unspecified atom stereocenters. The van der Waals surface area contributed by atoms with Crippen LogP contribution in [0.25, 0.3) is 16.6 Å². The van der Waals surface area contributed by atoms with Gasteiger partial charge in [-0.25, -0.2) is 22.4 Å². The number of pyridine rings is 1. The Bertz CT molecular complexity index is 1370. The lowest BCUT2D eigenvalue weighted by atomic mass is 9.75. The van der Waals surface area contributed by atoms with Crippen LogP contribution in [0.5, 0.6) is 0 Å². The Labute approximate surface area is 185 Å². The third-order valence-electron chi connectivity index (χ3n) is 6.56. The van der Waals surface area contributed by atoms with E-state index in [1.54, 1.807) is 4.90 Å². The van der Waals surface area contributed by atoms with Gasteiger partial charge in [-0.05, 0) is 37.5 Å². The van der Waals surface area contributed by atoms with Gasteiger partial charge in [-0.2, -0.15) is 0 Å².